The van der Waals surface area contributed by atoms with Gasteiger partial charge in [0.05, 0.1) is 10.9 Å². The second kappa shape index (κ2) is 3.53. The van der Waals surface area contributed by atoms with Gasteiger partial charge in [-0.15, -0.1) is 11.3 Å². The Balaban J connectivity index is 2.74. The molecule has 0 spiro atoms. The number of fused-ring (bicyclic) bond motifs is 1. The number of hydrogen-bond acceptors (Lipinski definition) is 3. The van der Waals surface area contributed by atoms with Gasteiger partial charge in [-0.2, -0.15) is 0 Å². The lowest BCUT2D eigenvalue weighted by atomic mass is 10.3. The summed E-state index contributed by atoms with van der Waals surface area (Å²) < 4.78 is 1.65. The topological polar surface area (TPSA) is 34.9 Å². The zero-order chi connectivity index (χ0) is 10.1. The zero-order valence-corrected chi connectivity index (χ0v) is 9.10. The quantitative estimate of drug-likeness (QED) is 0.756. The number of nitrogens with zero attached hydrogens (tertiary/aromatic N) is 2. The van der Waals surface area contributed by atoms with Crippen molar-refractivity contribution in [1.82, 2.24) is 9.55 Å². The molecule has 0 aliphatic rings. The molecule has 0 unspecified atom stereocenters. The lowest BCUT2D eigenvalue weighted by Gasteiger charge is -2.05. The highest BCUT2D eigenvalue weighted by Crippen LogP contribution is 2.13. The molecule has 14 heavy (non-hydrogen) atoms. The van der Waals surface area contributed by atoms with Gasteiger partial charge in [-0.05, 0) is 6.42 Å². The van der Waals surface area contributed by atoms with Gasteiger partial charge in [-0.25, -0.2) is 4.98 Å². The second-order valence-electron chi connectivity index (χ2n) is 3.31. The van der Waals surface area contributed by atoms with E-state index in [1.807, 2.05) is 10.8 Å². The normalized spacial score (nSPS) is 11.0. The third-order valence-electron chi connectivity index (χ3n) is 2.29. The summed E-state index contributed by atoms with van der Waals surface area (Å²) in [6.07, 6.45) is 1.87. The predicted octanol–water partition coefficient (Wildman–Crippen LogP) is 1.95. The summed E-state index contributed by atoms with van der Waals surface area (Å²) in [6.45, 7) is 2.09. The van der Waals surface area contributed by atoms with Crippen LogP contribution in [0.25, 0.3) is 10.9 Å². The molecule has 74 valence electrons. The second-order valence-corrected chi connectivity index (χ2v) is 4.06. The van der Waals surface area contributed by atoms with Gasteiger partial charge in [0.25, 0.3) is 5.56 Å². The molecule has 0 radical (unpaired) electrons. The average molecular weight is 208 g/mol. The average Bonchev–Trinajstić information content (AvgIpc) is 2.62. The van der Waals surface area contributed by atoms with Gasteiger partial charge in [-0.1, -0.05) is 6.92 Å². The van der Waals surface area contributed by atoms with Crippen LogP contribution < -0.4 is 5.56 Å². The van der Waals surface area contributed by atoms with Crippen molar-refractivity contribution in [3.63, 3.8) is 0 Å². The minimum atomic E-state index is 0.0692. The molecule has 2 rings (SSSR count). The Morgan fingerprint density at radius 2 is 2.29 bits per heavy atom. The van der Waals surface area contributed by atoms with Gasteiger partial charge in [-0.3, -0.25) is 9.36 Å². The Hall–Kier alpha value is -1.16. The summed E-state index contributed by atoms with van der Waals surface area (Å²) in [5, 5.41) is 4.52. The molecule has 2 heterocycles. The monoisotopic (exact) mass is 208 g/mol. The first-order chi connectivity index (χ1) is 6.74. The van der Waals surface area contributed by atoms with Crippen LogP contribution in [-0.2, 0) is 13.5 Å². The molecule has 0 saturated heterocycles. The van der Waals surface area contributed by atoms with Crippen LogP contribution in [0.5, 0.6) is 0 Å². The first-order valence-corrected chi connectivity index (χ1v) is 5.60. The van der Waals surface area contributed by atoms with Gasteiger partial charge in [0, 0.05) is 24.2 Å². The third kappa shape index (κ3) is 1.35. The van der Waals surface area contributed by atoms with E-state index in [9.17, 15) is 4.79 Å². The molecule has 3 nitrogen and oxygen atoms in total. The van der Waals surface area contributed by atoms with Crippen LogP contribution >= 0.6 is 11.3 Å². The van der Waals surface area contributed by atoms with Crippen molar-refractivity contribution in [2.75, 3.05) is 0 Å². The maximum absolute atomic E-state index is 11.8. The molecular formula is C10H12N2OS. The van der Waals surface area contributed by atoms with E-state index < -0.39 is 0 Å². The van der Waals surface area contributed by atoms with Crippen LogP contribution in [0.15, 0.2) is 15.6 Å². The van der Waals surface area contributed by atoms with Crippen molar-refractivity contribution in [2.24, 2.45) is 7.05 Å². The lowest BCUT2D eigenvalue weighted by molar-refractivity contribution is 0.718. The van der Waals surface area contributed by atoms with Crippen molar-refractivity contribution in [3.05, 3.63) is 26.9 Å². The molecule has 4 heteroatoms. The molecule has 2 aromatic rings. The van der Waals surface area contributed by atoms with Gasteiger partial charge in [0.1, 0.15) is 5.82 Å². The SMILES string of the molecule is CCCc1nc2cscc2c(=O)n1C. The summed E-state index contributed by atoms with van der Waals surface area (Å²) in [6, 6.07) is 0. The van der Waals surface area contributed by atoms with Crippen molar-refractivity contribution < 1.29 is 0 Å². The van der Waals surface area contributed by atoms with Crippen LogP contribution in [0.3, 0.4) is 0 Å². The van der Waals surface area contributed by atoms with Gasteiger partial charge >= 0.3 is 0 Å². The lowest BCUT2D eigenvalue weighted by Crippen LogP contribution is -2.21. The third-order valence-corrected chi connectivity index (χ3v) is 3.02. The molecule has 0 atom stereocenters. The largest absolute Gasteiger partial charge is 0.299 e. The van der Waals surface area contributed by atoms with Crippen LogP contribution in [0, 0.1) is 0 Å². The fourth-order valence-corrected chi connectivity index (χ4v) is 2.23. The molecule has 2 aromatic heterocycles. The minimum absolute atomic E-state index is 0.0692. The van der Waals surface area contributed by atoms with Crippen molar-refractivity contribution in [2.45, 2.75) is 19.8 Å². The molecule has 0 aliphatic carbocycles. The maximum Gasteiger partial charge on any atom is 0.261 e. The fourth-order valence-electron chi connectivity index (χ4n) is 1.50. The zero-order valence-electron chi connectivity index (χ0n) is 8.28. The van der Waals surface area contributed by atoms with Gasteiger partial charge < -0.3 is 0 Å². The molecule has 0 saturated carbocycles. The molecule has 0 fully saturated rings. The molecule has 0 aliphatic heterocycles. The van der Waals surface area contributed by atoms with E-state index >= 15 is 0 Å². The highest BCUT2D eigenvalue weighted by atomic mass is 32.1. The molecule has 0 N–H and O–H groups in total. The summed E-state index contributed by atoms with van der Waals surface area (Å²) in [5.74, 6) is 0.878. The summed E-state index contributed by atoms with van der Waals surface area (Å²) in [7, 11) is 1.79. The van der Waals surface area contributed by atoms with E-state index in [2.05, 4.69) is 11.9 Å². The number of aryl methyl sites for hydroxylation is 1. The van der Waals surface area contributed by atoms with Crippen molar-refractivity contribution >= 4 is 22.2 Å². The van der Waals surface area contributed by atoms with E-state index in [0.29, 0.717) is 0 Å². The predicted molar refractivity (Wildman–Crippen MR) is 58.9 cm³/mol. The fraction of sp³-hybridized carbons (Fsp3) is 0.400. The van der Waals surface area contributed by atoms with E-state index in [1.165, 1.54) is 11.3 Å². The van der Waals surface area contributed by atoms with Gasteiger partial charge in [0.2, 0.25) is 0 Å². The smallest absolute Gasteiger partial charge is 0.261 e. The van der Waals surface area contributed by atoms with E-state index in [0.717, 1.165) is 29.6 Å². The van der Waals surface area contributed by atoms with E-state index in [-0.39, 0.29) is 5.56 Å². The maximum atomic E-state index is 11.8. The number of thiophene rings is 1. The first-order valence-electron chi connectivity index (χ1n) is 4.66. The van der Waals surface area contributed by atoms with Gasteiger partial charge in [0.15, 0.2) is 0 Å². The Labute approximate surface area is 86.0 Å². The Bertz CT molecular complexity index is 512. The van der Waals surface area contributed by atoms with E-state index in [1.54, 1.807) is 11.6 Å². The molecular weight excluding hydrogens is 196 g/mol. The minimum Gasteiger partial charge on any atom is -0.299 e. The molecule has 0 amide bonds. The molecule has 0 bridgehead atoms. The molecule has 0 aromatic carbocycles. The number of rotatable bonds is 2. The van der Waals surface area contributed by atoms with E-state index in [4.69, 9.17) is 0 Å². The van der Waals surface area contributed by atoms with Crippen LogP contribution in [0.4, 0.5) is 0 Å². The number of hydrogen-bond donors (Lipinski definition) is 0. The Morgan fingerprint density at radius 3 is 3.00 bits per heavy atom. The van der Waals surface area contributed by atoms with Crippen LogP contribution in [-0.4, -0.2) is 9.55 Å². The highest BCUT2D eigenvalue weighted by Gasteiger charge is 2.07. The van der Waals surface area contributed by atoms with Crippen molar-refractivity contribution in [3.8, 4) is 0 Å². The summed E-state index contributed by atoms with van der Waals surface area (Å²) in [5.41, 5.74) is 0.904. The Kier molecular flexibility index (Phi) is 2.37. The Morgan fingerprint density at radius 1 is 1.50 bits per heavy atom. The van der Waals surface area contributed by atoms with Crippen LogP contribution in [0.2, 0.25) is 0 Å². The van der Waals surface area contributed by atoms with Crippen LogP contribution in [0.1, 0.15) is 19.2 Å². The number of aromatic nitrogens is 2. The first kappa shape index (κ1) is 9.40. The standard InChI is InChI=1S/C10H12N2OS/c1-3-4-9-11-8-6-14-5-7(8)10(13)12(9)2/h5-6H,3-4H2,1-2H3. The highest BCUT2D eigenvalue weighted by molar-refractivity contribution is 7.09. The summed E-state index contributed by atoms with van der Waals surface area (Å²) >= 11 is 1.53. The summed E-state index contributed by atoms with van der Waals surface area (Å²) in [4.78, 5) is 16.3. The van der Waals surface area contributed by atoms with Crippen molar-refractivity contribution in [1.29, 1.82) is 0 Å².